The number of nitriles is 1. The molecule has 1 aliphatic rings. The van der Waals surface area contributed by atoms with Gasteiger partial charge in [0, 0.05) is 38.9 Å². The van der Waals surface area contributed by atoms with Crippen molar-refractivity contribution in [3.8, 4) is 6.07 Å². The Hall–Kier alpha value is -0.850. The van der Waals surface area contributed by atoms with Crippen molar-refractivity contribution in [2.75, 3.05) is 33.4 Å². The summed E-state index contributed by atoms with van der Waals surface area (Å²) >= 11 is 0. The van der Waals surface area contributed by atoms with Crippen molar-refractivity contribution in [2.45, 2.75) is 12.8 Å². The molecule has 3 heteroatoms. The molecule has 0 aliphatic carbocycles. The van der Waals surface area contributed by atoms with Gasteiger partial charge in [0.2, 0.25) is 0 Å². The number of nitrogens with zero attached hydrogens (tertiary/aromatic N) is 2. The van der Waals surface area contributed by atoms with E-state index in [1.165, 1.54) is 0 Å². The minimum Gasteiger partial charge on any atom is -0.385 e. The number of hydrogen-bond donors (Lipinski definition) is 0. The van der Waals surface area contributed by atoms with E-state index >= 15 is 0 Å². The lowest BCUT2D eigenvalue weighted by molar-refractivity contribution is 0.175. The van der Waals surface area contributed by atoms with Crippen LogP contribution >= 0.6 is 0 Å². The van der Waals surface area contributed by atoms with Gasteiger partial charge in [-0.1, -0.05) is 6.08 Å². The van der Waals surface area contributed by atoms with Gasteiger partial charge in [-0.2, -0.15) is 5.26 Å². The van der Waals surface area contributed by atoms with Crippen LogP contribution in [0.2, 0.25) is 0 Å². The van der Waals surface area contributed by atoms with E-state index < -0.39 is 0 Å². The largest absolute Gasteiger partial charge is 0.385 e. The van der Waals surface area contributed by atoms with Crippen molar-refractivity contribution in [3.05, 3.63) is 11.6 Å². The molecule has 0 bridgehead atoms. The highest BCUT2D eigenvalue weighted by molar-refractivity contribution is 5.22. The molecule has 0 amide bonds. The smallest absolute Gasteiger partial charge is 0.0944 e. The second kappa shape index (κ2) is 5.74. The van der Waals surface area contributed by atoms with Gasteiger partial charge in [-0.15, -0.1) is 0 Å². The van der Waals surface area contributed by atoms with Crippen LogP contribution in [-0.4, -0.2) is 38.3 Å². The van der Waals surface area contributed by atoms with E-state index in [0.29, 0.717) is 0 Å². The molecule has 0 aromatic heterocycles. The molecule has 0 radical (unpaired) electrons. The lowest BCUT2D eigenvalue weighted by atomic mass is 10.1. The van der Waals surface area contributed by atoms with E-state index in [1.807, 2.05) is 6.08 Å². The van der Waals surface area contributed by atoms with E-state index in [4.69, 9.17) is 10.00 Å². The predicted molar refractivity (Wildman–Crippen MR) is 51.2 cm³/mol. The SMILES string of the molecule is COCCCN1CC=C(C#N)CC1. The van der Waals surface area contributed by atoms with E-state index in [9.17, 15) is 0 Å². The molecule has 0 aromatic rings. The summed E-state index contributed by atoms with van der Waals surface area (Å²) in [4.78, 5) is 2.35. The topological polar surface area (TPSA) is 36.3 Å². The molecule has 72 valence electrons. The van der Waals surface area contributed by atoms with Crippen LogP contribution in [0.3, 0.4) is 0 Å². The molecule has 0 unspecified atom stereocenters. The summed E-state index contributed by atoms with van der Waals surface area (Å²) in [7, 11) is 1.73. The molecule has 0 saturated heterocycles. The first-order valence-electron chi connectivity index (χ1n) is 4.67. The summed E-state index contributed by atoms with van der Waals surface area (Å²) in [5.41, 5.74) is 0.933. The number of hydrogen-bond acceptors (Lipinski definition) is 3. The van der Waals surface area contributed by atoms with Gasteiger partial charge < -0.3 is 4.74 Å². The third kappa shape index (κ3) is 3.58. The van der Waals surface area contributed by atoms with Crippen LogP contribution in [-0.2, 0) is 4.74 Å². The molecule has 0 aromatic carbocycles. The van der Waals surface area contributed by atoms with Gasteiger partial charge in [-0.3, -0.25) is 4.90 Å². The Labute approximate surface area is 79.6 Å². The average Bonchev–Trinajstić information content (AvgIpc) is 2.19. The van der Waals surface area contributed by atoms with Gasteiger partial charge in [0.15, 0.2) is 0 Å². The second-order valence-electron chi connectivity index (χ2n) is 3.24. The molecule has 1 rings (SSSR count). The lowest BCUT2D eigenvalue weighted by Crippen LogP contribution is -2.30. The molecule has 0 N–H and O–H groups in total. The first kappa shape index (κ1) is 10.2. The zero-order chi connectivity index (χ0) is 9.52. The van der Waals surface area contributed by atoms with E-state index in [0.717, 1.165) is 44.7 Å². The highest BCUT2D eigenvalue weighted by Gasteiger charge is 2.09. The van der Waals surface area contributed by atoms with E-state index in [-0.39, 0.29) is 0 Å². The van der Waals surface area contributed by atoms with Gasteiger partial charge in [0.25, 0.3) is 0 Å². The highest BCUT2D eigenvalue weighted by atomic mass is 16.5. The van der Waals surface area contributed by atoms with Crippen LogP contribution in [0.25, 0.3) is 0 Å². The van der Waals surface area contributed by atoms with E-state index in [1.54, 1.807) is 7.11 Å². The molecule has 3 nitrogen and oxygen atoms in total. The van der Waals surface area contributed by atoms with Gasteiger partial charge in [0.05, 0.1) is 6.07 Å². The molecular formula is C10H16N2O. The molecule has 0 saturated carbocycles. The highest BCUT2D eigenvalue weighted by Crippen LogP contribution is 2.09. The fourth-order valence-corrected chi connectivity index (χ4v) is 1.45. The summed E-state index contributed by atoms with van der Waals surface area (Å²) in [6, 6.07) is 2.20. The maximum absolute atomic E-state index is 8.63. The number of methoxy groups -OCH3 is 1. The lowest BCUT2D eigenvalue weighted by Gasteiger charge is -2.23. The summed E-state index contributed by atoms with van der Waals surface area (Å²) in [6.07, 6.45) is 4.01. The Kier molecular flexibility index (Phi) is 4.52. The fraction of sp³-hybridized carbons (Fsp3) is 0.700. The quantitative estimate of drug-likeness (QED) is 0.609. The molecule has 0 spiro atoms. The molecule has 1 aliphatic heterocycles. The van der Waals surface area contributed by atoms with Crippen molar-refractivity contribution in [1.82, 2.24) is 4.90 Å². The maximum atomic E-state index is 8.63. The minimum atomic E-state index is 0.825. The fourth-order valence-electron chi connectivity index (χ4n) is 1.45. The monoisotopic (exact) mass is 180 g/mol. The Morgan fingerprint density at radius 1 is 1.69 bits per heavy atom. The zero-order valence-corrected chi connectivity index (χ0v) is 8.12. The second-order valence-corrected chi connectivity index (χ2v) is 3.24. The van der Waals surface area contributed by atoms with Crippen LogP contribution in [0, 0.1) is 11.3 Å². The first-order valence-corrected chi connectivity index (χ1v) is 4.67. The van der Waals surface area contributed by atoms with Crippen molar-refractivity contribution in [3.63, 3.8) is 0 Å². The number of ether oxygens (including phenoxy) is 1. The van der Waals surface area contributed by atoms with E-state index in [2.05, 4.69) is 11.0 Å². The van der Waals surface area contributed by atoms with Gasteiger partial charge in [-0.05, 0) is 12.8 Å². The minimum absolute atomic E-state index is 0.825. The van der Waals surface area contributed by atoms with Crippen LogP contribution in [0.1, 0.15) is 12.8 Å². The van der Waals surface area contributed by atoms with Gasteiger partial charge in [-0.25, -0.2) is 0 Å². The Morgan fingerprint density at radius 3 is 3.08 bits per heavy atom. The Morgan fingerprint density at radius 2 is 2.54 bits per heavy atom. The first-order chi connectivity index (χ1) is 6.36. The molecule has 0 fully saturated rings. The summed E-state index contributed by atoms with van der Waals surface area (Å²) in [6.45, 7) is 3.84. The summed E-state index contributed by atoms with van der Waals surface area (Å²) < 4.78 is 4.98. The van der Waals surface area contributed by atoms with Crippen molar-refractivity contribution >= 4 is 0 Å². The van der Waals surface area contributed by atoms with Gasteiger partial charge >= 0.3 is 0 Å². The summed E-state index contributed by atoms with van der Waals surface area (Å²) in [5, 5.41) is 8.63. The third-order valence-corrected chi connectivity index (χ3v) is 2.26. The Bertz CT molecular complexity index is 217. The van der Waals surface area contributed by atoms with Crippen LogP contribution in [0.4, 0.5) is 0 Å². The summed E-state index contributed by atoms with van der Waals surface area (Å²) in [5.74, 6) is 0. The Balaban J connectivity index is 2.19. The van der Waals surface area contributed by atoms with Crippen molar-refractivity contribution in [1.29, 1.82) is 5.26 Å². The molecule has 13 heavy (non-hydrogen) atoms. The van der Waals surface area contributed by atoms with Crippen LogP contribution in [0.15, 0.2) is 11.6 Å². The van der Waals surface area contributed by atoms with Crippen molar-refractivity contribution in [2.24, 2.45) is 0 Å². The normalized spacial score (nSPS) is 18.0. The van der Waals surface area contributed by atoms with Crippen molar-refractivity contribution < 1.29 is 4.74 Å². The zero-order valence-electron chi connectivity index (χ0n) is 8.12. The predicted octanol–water partition coefficient (Wildman–Crippen LogP) is 1.18. The molecule has 0 atom stereocenters. The van der Waals surface area contributed by atoms with Crippen LogP contribution in [0.5, 0.6) is 0 Å². The standard InChI is InChI=1S/C10H16N2O/c1-13-8-2-5-12-6-3-10(9-11)4-7-12/h3H,2,4-8H2,1H3. The molecular weight excluding hydrogens is 164 g/mol. The number of rotatable bonds is 4. The van der Waals surface area contributed by atoms with Gasteiger partial charge in [0.1, 0.15) is 0 Å². The third-order valence-electron chi connectivity index (χ3n) is 2.26. The average molecular weight is 180 g/mol. The maximum Gasteiger partial charge on any atom is 0.0944 e. The van der Waals surface area contributed by atoms with Crippen LogP contribution < -0.4 is 0 Å². The molecule has 1 heterocycles.